The lowest BCUT2D eigenvalue weighted by molar-refractivity contribution is 0.104. The van der Waals surface area contributed by atoms with Crippen molar-refractivity contribution in [3.63, 3.8) is 0 Å². The van der Waals surface area contributed by atoms with Gasteiger partial charge in [-0.15, -0.1) is 0 Å². The van der Waals surface area contributed by atoms with Crippen LogP contribution in [0.2, 0.25) is 5.02 Å². The third-order valence-electron chi connectivity index (χ3n) is 8.01. The second-order valence-corrected chi connectivity index (χ2v) is 11.0. The summed E-state index contributed by atoms with van der Waals surface area (Å²) < 4.78 is 2.28. The highest BCUT2D eigenvalue weighted by Crippen LogP contribution is 2.36. The van der Waals surface area contributed by atoms with Gasteiger partial charge in [0.1, 0.15) is 11.3 Å². The summed E-state index contributed by atoms with van der Waals surface area (Å²) in [5.41, 5.74) is 4.83. The Kier molecular flexibility index (Phi) is 7.05. The Morgan fingerprint density at radius 3 is 2.61 bits per heavy atom. The van der Waals surface area contributed by atoms with Crippen molar-refractivity contribution in [1.82, 2.24) is 19.4 Å². The van der Waals surface area contributed by atoms with Gasteiger partial charge < -0.3 is 14.5 Å². The minimum atomic E-state index is -0.0307. The first-order valence-corrected chi connectivity index (χ1v) is 14.0. The molecule has 2 aromatic heterocycles. The molecule has 1 N–H and O–H groups in total. The molecular weight excluding hydrogens is 492 g/mol. The number of hydrogen-bond donors (Lipinski definition) is 1. The quantitative estimate of drug-likeness (QED) is 0.168. The number of aromatic amines is 1. The number of rotatable bonds is 8. The first-order valence-electron chi connectivity index (χ1n) is 13.6. The molecule has 0 spiro atoms. The largest absolute Gasteiger partial charge is 0.346 e. The zero-order chi connectivity index (χ0) is 26.1. The Balaban J connectivity index is 1.25. The van der Waals surface area contributed by atoms with Crippen LogP contribution < -0.4 is 0 Å². The molecule has 6 heteroatoms. The van der Waals surface area contributed by atoms with E-state index in [0.717, 1.165) is 51.7 Å². The maximum atomic E-state index is 13.2. The fourth-order valence-electron chi connectivity index (χ4n) is 5.84. The highest BCUT2D eigenvalue weighted by Gasteiger charge is 2.19. The van der Waals surface area contributed by atoms with E-state index in [-0.39, 0.29) is 5.78 Å². The molecule has 5 nitrogen and oxygen atoms in total. The summed E-state index contributed by atoms with van der Waals surface area (Å²) in [6.07, 6.45) is 8.41. The van der Waals surface area contributed by atoms with Gasteiger partial charge in [-0.25, -0.2) is 4.98 Å². The van der Waals surface area contributed by atoms with Crippen LogP contribution in [0.25, 0.3) is 33.3 Å². The molecule has 1 saturated heterocycles. The van der Waals surface area contributed by atoms with Crippen molar-refractivity contribution in [3.05, 3.63) is 89.1 Å². The molecule has 0 bridgehead atoms. The molecule has 1 fully saturated rings. The number of nitrogens with one attached hydrogen (secondary N) is 1. The number of unbranched alkanes of at least 4 members (excludes halogenated alkanes) is 1. The maximum Gasteiger partial charge on any atom is 0.195 e. The van der Waals surface area contributed by atoms with Crippen LogP contribution in [0.4, 0.5) is 0 Å². The van der Waals surface area contributed by atoms with Crippen LogP contribution in [0.15, 0.2) is 72.9 Å². The molecule has 3 aromatic carbocycles. The molecule has 1 aliphatic heterocycles. The average Bonchev–Trinajstić information content (AvgIpc) is 3.53. The first kappa shape index (κ1) is 24.9. The van der Waals surface area contributed by atoms with Crippen LogP contribution in [0, 0.1) is 5.92 Å². The van der Waals surface area contributed by atoms with Gasteiger partial charge in [-0.3, -0.25) is 4.79 Å². The molecule has 0 radical (unpaired) electrons. The number of aryl methyl sites for hydroxylation is 1. The number of fused-ring (bicyclic) bond motifs is 2. The van der Waals surface area contributed by atoms with Crippen LogP contribution in [0.3, 0.4) is 0 Å². The van der Waals surface area contributed by atoms with Crippen molar-refractivity contribution >= 4 is 39.3 Å². The fraction of sp³-hybridized carbons (Fsp3) is 0.312. The lowest BCUT2D eigenvalue weighted by atomic mass is 9.92. The molecule has 0 unspecified atom stereocenters. The Labute approximate surface area is 228 Å². The zero-order valence-corrected chi connectivity index (χ0v) is 22.5. The van der Waals surface area contributed by atoms with Gasteiger partial charge in [-0.2, -0.15) is 0 Å². The molecule has 0 aliphatic carbocycles. The predicted molar refractivity (Wildman–Crippen MR) is 156 cm³/mol. The SMILES string of the molecule is CN1CCC(CCCCn2cc(Cl)c3c(-c4nc5c(C(=O)c6ccccc6)cccc5[nH]4)cccc32)CC1. The number of H-pyrrole nitrogens is 1. The van der Waals surface area contributed by atoms with E-state index in [0.29, 0.717) is 16.6 Å². The summed E-state index contributed by atoms with van der Waals surface area (Å²) in [5, 5.41) is 1.73. The number of carbonyl (C=O) groups is 1. The number of aromatic nitrogens is 3. The van der Waals surface area contributed by atoms with Gasteiger partial charge in [0.05, 0.1) is 21.6 Å². The number of carbonyl (C=O) groups excluding carboxylic acids is 1. The van der Waals surface area contributed by atoms with Gasteiger partial charge in [-0.1, -0.05) is 73.0 Å². The van der Waals surface area contributed by atoms with Crippen molar-refractivity contribution < 1.29 is 4.79 Å². The summed E-state index contributed by atoms with van der Waals surface area (Å²) in [5.74, 6) is 1.56. The third kappa shape index (κ3) is 4.89. The predicted octanol–water partition coefficient (Wildman–Crippen LogP) is 7.58. The van der Waals surface area contributed by atoms with Crippen LogP contribution >= 0.6 is 11.6 Å². The lowest BCUT2D eigenvalue weighted by Gasteiger charge is -2.28. The van der Waals surface area contributed by atoms with Crippen LogP contribution in [0.5, 0.6) is 0 Å². The van der Waals surface area contributed by atoms with Crippen molar-refractivity contribution in [2.24, 2.45) is 5.92 Å². The Hall–Kier alpha value is -3.41. The van der Waals surface area contributed by atoms with E-state index in [1.807, 2.05) is 48.5 Å². The minimum Gasteiger partial charge on any atom is -0.346 e. The summed E-state index contributed by atoms with van der Waals surface area (Å²) >= 11 is 6.82. The first-order chi connectivity index (χ1) is 18.6. The maximum absolute atomic E-state index is 13.2. The second-order valence-electron chi connectivity index (χ2n) is 10.6. The summed E-state index contributed by atoms with van der Waals surface area (Å²) in [6, 6.07) is 21.3. The molecule has 0 atom stereocenters. The van der Waals surface area contributed by atoms with Crippen molar-refractivity contribution in [3.8, 4) is 11.4 Å². The Bertz CT molecular complexity index is 1580. The van der Waals surface area contributed by atoms with E-state index in [1.54, 1.807) is 0 Å². The number of benzene rings is 3. The highest BCUT2D eigenvalue weighted by atomic mass is 35.5. The smallest absolute Gasteiger partial charge is 0.195 e. The van der Waals surface area contributed by atoms with Gasteiger partial charge in [0, 0.05) is 29.3 Å². The molecular formula is C32H33ClN4O. The van der Waals surface area contributed by atoms with Crippen LogP contribution in [0.1, 0.15) is 48.0 Å². The molecule has 0 amide bonds. The van der Waals surface area contributed by atoms with Crippen molar-refractivity contribution in [2.75, 3.05) is 20.1 Å². The minimum absolute atomic E-state index is 0.0307. The number of piperidine rings is 1. The fourth-order valence-corrected chi connectivity index (χ4v) is 6.15. The van der Waals surface area contributed by atoms with E-state index < -0.39 is 0 Å². The Morgan fingerprint density at radius 1 is 1.00 bits per heavy atom. The van der Waals surface area contributed by atoms with E-state index in [4.69, 9.17) is 16.6 Å². The number of likely N-dealkylation sites (tertiary alicyclic amines) is 1. The van der Waals surface area contributed by atoms with Crippen LogP contribution in [-0.2, 0) is 6.54 Å². The number of ketones is 1. The van der Waals surface area contributed by atoms with E-state index in [9.17, 15) is 4.79 Å². The third-order valence-corrected chi connectivity index (χ3v) is 8.29. The average molecular weight is 525 g/mol. The molecule has 6 rings (SSSR count). The topological polar surface area (TPSA) is 53.9 Å². The molecule has 5 aromatic rings. The Morgan fingerprint density at radius 2 is 1.79 bits per heavy atom. The normalized spacial score (nSPS) is 15.0. The number of hydrogen-bond acceptors (Lipinski definition) is 3. The van der Waals surface area contributed by atoms with Gasteiger partial charge in [0.25, 0.3) is 0 Å². The molecule has 1 aliphatic rings. The molecule has 3 heterocycles. The summed E-state index contributed by atoms with van der Waals surface area (Å²) in [4.78, 5) is 24.0. The number of nitrogens with zero attached hydrogens (tertiary/aromatic N) is 3. The summed E-state index contributed by atoms with van der Waals surface area (Å²) in [7, 11) is 2.22. The number of halogens is 1. The monoisotopic (exact) mass is 524 g/mol. The standard InChI is InChI=1S/C32H33ClN4O/c1-36-19-16-22(17-20-36)9-5-6-18-37-21-26(33)29-24(12-8-15-28(29)37)32-34-27-14-7-13-25(30(27)35-32)31(38)23-10-3-2-4-11-23/h2-4,7-8,10-15,21-22H,5-6,9,16-20H2,1H3,(H,34,35). The van der Waals surface area contributed by atoms with Gasteiger partial charge >= 0.3 is 0 Å². The van der Waals surface area contributed by atoms with E-state index in [1.165, 1.54) is 38.8 Å². The van der Waals surface area contributed by atoms with Gasteiger partial charge in [0.15, 0.2) is 5.78 Å². The van der Waals surface area contributed by atoms with Crippen molar-refractivity contribution in [2.45, 2.75) is 38.6 Å². The lowest BCUT2D eigenvalue weighted by Crippen LogP contribution is -2.30. The van der Waals surface area contributed by atoms with Crippen molar-refractivity contribution in [1.29, 1.82) is 0 Å². The van der Waals surface area contributed by atoms with E-state index >= 15 is 0 Å². The zero-order valence-electron chi connectivity index (χ0n) is 21.8. The molecule has 38 heavy (non-hydrogen) atoms. The van der Waals surface area contributed by atoms with Gasteiger partial charge in [0.2, 0.25) is 0 Å². The number of para-hydroxylation sites is 1. The number of imidazole rings is 1. The molecule has 194 valence electrons. The highest BCUT2D eigenvalue weighted by molar-refractivity contribution is 6.36. The summed E-state index contributed by atoms with van der Waals surface area (Å²) in [6.45, 7) is 3.42. The van der Waals surface area contributed by atoms with Gasteiger partial charge in [-0.05, 0) is 63.5 Å². The second kappa shape index (κ2) is 10.8. The molecule has 0 saturated carbocycles. The van der Waals surface area contributed by atoms with E-state index in [2.05, 4.69) is 45.9 Å². The van der Waals surface area contributed by atoms with Crippen LogP contribution in [-0.4, -0.2) is 45.4 Å².